The molecule has 1 aliphatic carbocycles. The zero-order chi connectivity index (χ0) is 18.7. The summed E-state index contributed by atoms with van der Waals surface area (Å²) in [6.45, 7) is 2.04. The van der Waals surface area contributed by atoms with E-state index in [0.29, 0.717) is 17.9 Å². The van der Waals surface area contributed by atoms with Crippen molar-refractivity contribution in [2.24, 2.45) is 0 Å². The number of halogens is 2. The number of esters is 1. The van der Waals surface area contributed by atoms with E-state index in [1.54, 1.807) is 6.92 Å². The molecule has 26 heavy (non-hydrogen) atoms. The van der Waals surface area contributed by atoms with Gasteiger partial charge in [0.05, 0.1) is 11.9 Å². The van der Waals surface area contributed by atoms with E-state index < -0.39 is 11.5 Å². The van der Waals surface area contributed by atoms with Crippen LogP contribution in [0, 0.1) is 0 Å². The summed E-state index contributed by atoms with van der Waals surface area (Å²) in [5.41, 5.74) is 3.15. The number of benzene rings is 2. The highest BCUT2D eigenvalue weighted by Gasteiger charge is 2.46. The van der Waals surface area contributed by atoms with Gasteiger partial charge in [-0.2, -0.15) is 0 Å². The molecule has 1 N–H and O–H groups in total. The number of rotatable bonds is 5. The second-order valence-corrected chi connectivity index (χ2v) is 7.33. The van der Waals surface area contributed by atoms with Crippen molar-refractivity contribution in [3.63, 3.8) is 0 Å². The molecule has 2 aromatic rings. The van der Waals surface area contributed by atoms with Crippen molar-refractivity contribution in [2.45, 2.75) is 25.3 Å². The molecule has 0 saturated heterocycles. The summed E-state index contributed by atoms with van der Waals surface area (Å²) < 4.78 is 5.25. The minimum Gasteiger partial charge on any atom is -0.464 e. The quantitative estimate of drug-likeness (QED) is 0.571. The standard InChI is InChI=1S/C20H19BrClNO3/c1-2-26-19(25)20(23-18(24)12-21)10-15-4-3-14(9-16(15)11-20)13-5-7-17(22)8-6-13/h3-9H,2,10-12H2,1H3,(H,23,24). The summed E-state index contributed by atoms with van der Waals surface area (Å²) in [4.78, 5) is 24.6. The second-order valence-electron chi connectivity index (χ2n) is 6.33. The Labute approximate surface area is 166 Å². The van der Waals surface area contributed by atoms with Gasteiger partial charge in [-0.05, 0) is 41.3 Å². The molecule has 0 bridgehead atoms. The Morgan fingerprint density at radius 1 is 1.12 bits per heavy atom. The molecule has 1 aliphatic rings. The van der Waals surface area contributed by atoms with Crippen LogP contribution in [-0.4, -0.2) is 29.4 Å². The van der Waals surface area contributed by atoms with Crippen LogP contribution in [-0.2, 0) is 27.2 Å². The zero-order valence-electron chi connectivity index (χ0n) is 14.4. The Kier molecular flexibility index (Phi) is 5.68. The lowest BCUT2D eigenvalue weighted by molar-refractivity contribution is -0.152. The summed E-state index contributed by atoms with van der Waals surface area (Å²) in [7, 11) is 0. The minimum absolute atomic E-state index is 0.139. The molecule has 0 saturated carbocycles. The molecule has 0 spiro atoms. The van der Waals surface area contributed by atoms with E-state index in [2.05, 4.69) is 27.3 Å². The molecule has 1 amide bonds. The van der Waals surface area contributed by atoms with E-state index in [9.17, 15) is 9.59 Å². The van der Waals surface area contributed by atoms with Gasteiger partial charge in [-0.3, -0.25) is 4.79 Å². The van der Waals surface area contributed by atoms with Crippen LogP contribution in [0.5, 0.6) is 0 Å². The Morgan fingerprint density at radius 3 is 2.42 bits per heavy atom. The van der Waals surface area contributed by atoms with Crippen molar-refractivity contribution in [3.05, 3.63) is 58.6 Å². The molecular weight excluding hydrogens is 418 g/mol. The van der Waals surface area contributed by atoms with E-state index in [1.165, 1.54) is 0 Å². The molecular formula is C20H19BrClNO3. The Morgan fingerprint density at radius 2 is 1.77 bits per heavy atom. The maximum Gasteiger partial charge on any atom is 0.332 e. The third kappa shape index (κ3) is 3.79. The number of alkyl halides is 1. The molecule has 1 unspecified atom stereocenters. The highest BCUT2D eigenvalue weighted by Crippen LogP contribution is 2.34. The molecule has 0 heterocycles. The number of amides is 1. The fraction of sp³-hybridized carbons (Fsp3) is 0.300. The molecule has 1 atom stereocenters. The fourth-order valence-electron chi connectivity index (χ4n) is 3.35. The molecule has 0 aliphatic heterocycles. The lowest BCUT2D eigenvalue weighted by Gasteiger charge is -2.27. The summed E-state index contributed by atoms with van der Waals surface area (Å²) in [6, 6.07) is 13.7. The van der Waals surface area contributed by atoms with Gasteiger partial charge in [-0.15, -0.1) is 0 Å². The van der Waals surface area contributed by atoms with Crippen molar-refractivity contribution in [3.8, 4) is 11.1 Å². The molecule has 4 nitrogen and oxygen atoms in total. The number of ether oxygens (including phenoxy) is 1. The lowest BCUT2D eigenvalue weighted by atomic mass is 9.95. The predicted molar refractivity (Wildman–Crippen MR) is 106 cm³/mol. The van der Waals surface area contributed by atoms with E-state index in [-0.39, 0.29) is 17.8 Å². The summed E-state index contributed by atoms with van der Waals surface area (Å²) >= 11 is 9.10. The average molecular weight is 437 g/mol. The molecule has 0 aromatic heterocycles. The van der Waals surface area contributed by atoms with Crippen LogP contribution in [0.3, 0.4) is 0 Å². The molecule has 3 rings (SSSR count). The number of hydrogen-bond donors (Lipinski definition) is 1. The maximum atomic E-state index is 12.6. The van der Waals surface area contributed by atoms with Crippen molar-refractivity contribution in [1.82, 2.24) is 5.32 Å². The van der Waals surface area contributed by atoms with Gasteiger partial charge in [0.2, 0.25) is 5.91 Å². The first-order chi connectivity index (χ1) is 12.5. The first-order valence-electron chi connectivity index (χ1n) is 8.39. The molecule has 6 heteroatoms. The number of nitrogens with one attached hydrogen (secondary N) is 1. The van der Waals surface area contributed by atoms with Crippen LogP contribution in [0.25, 0.3) is 11.1 Å². The smallest absolute Gasteiger partial charge is 0.332 e. The van der Waals surface area contributed by atoms with E-state index in [1.807, 2.05) is 36.4 Å². The first kappa shape index (κ1) is 18.9. The van der Waals surface area contributed by atoms with Crippen molar-refractivity contribution < 1.29 is 14.3 Å². The van der Waals surface area contributed by atoms with Crippen LogP contribution >= 0.6 is 27.5 Å². The second kappa shape index (κ2) is 7.80. The molecule has 2 aromatic carbocycles. The van der Waals surface area contributed by atoms with Gasteiger partial charge in [-0.25, -0.2) is 4.79 Å². The third-order valence-electron chi connectivity index (χ3n) is 4.53. The highest BCUT2D eigenvalue weighted by molar-refractivity contribution is 9.09. The number of fused-ring (bicyclic) bond motifs is 1. The van der Waals surface area contributed by atoms with E-state index >= 15 is 0 Å². The van der Waals surface area contributed by atoms with Crippen LogP contribution in [0.4, 0.5) is 0 Å². The molecule has 0 fully saturated rings. The Bertz CT molecular complexity index is 837. The van der Waals surface area contributed by atoms with E-state index in [0.717, 1.165) is 22.3 Å². The van der Waals surface area contributed by atoms with Crippen molar-refractivity contribution in [1.29, 1.82) is 0 Å². The fourth-order valence-corrected chi connectivity index (χ4v) is 3.62. The van der Waals surface area contributed by atoms with Crippen LogP contribution < -0.4 is 5.32 Å². The maximum absolute atomic E-state index is 12.6. The average Bonchev–Trinajstić information content (AvgIpc) is 3.01. The van der Waals surface area contributed by atoms with Crippen LogP contribution in [0.2, 0.25) is 5.02 Å². The lowest BCUT2D eigenvalue weighted by Crippen LogP contribution is -2.56. The monoisotopic (exact) mass is 435 g/mol. The minimum atomic E-state index is -1.04. The largest absolute Gasteiger partial charge is 0.464 e. The number of carbonyl (C=O) groups excluding carboxylic acids is 2. The van der Waals surface area contributed by atoms with Gasteiger partial charge < -0.3 is 10.1 Å². The van der Waals surface area contributed by atoms with Crippen molar-refractivity contribution >= 4 is 39.4 Å². The topological polar surface area (TPSA) is 55.4 Å². The van der Waals surface area contributed by atoms with Gasteiger partial charge in [0, 0.05) is 17.9 Å². The molecule has 0 radical (unpaired) electrons. The molecule has 136 valence electrons. The van der Waals surface area contributed by atoms with Crippen LogP contribution in [0.15, 0.2) is 42.5 Å². The van der Waals surface area contributed by atoms with E-state index in [4.69, 9.17) is 16.3 Å². The SMILES string of the molecule is CCOC(=O)C1(NC(=O)CBr)Cc2ccc(-c3ccc(Cl)cc3)cc2C1. The highest BCUT2D eigenvalue weighted by atomic mass is 79.9. The van der Waals surface area contributed by atoms with Crippen molar-refractivity contribution in [2.75, 3.05) is 11.9 Å². The normalized spacial score (nSPS) is 18.3. The zero-order valence-corrected chi connectivity index (χ0v) is 16.7. The summed E-state index contributed by atoms with van der Waals surface area (Å²) in [6.07, 6.45) is 0.849. The van der Waals surface area contributed by atoms with Gasteiger partial charge in [0.15, 0.2) is 0 Å². The number of hydrogen-bond acceptors (Lipinski definition) is 3. The summed E-state index contributed by atoms with van der Waals surface area (Å²) in [5.74, 6) is -0.623. The number of carbonyl (C=O) groups is 2. The third-order valence-corrected chi connectivity index (χ3v) is 5.30. The first-order valence-corrected chi connectivity index (χ1v) is 9.89. The van der Waals surface area contributed by atoms with Gasteiger partial charge >= 0.3 is 5.97 Å². The predicted octanol–water partition coefficient (Wildman–Crippen LogP) is 3.92. The Balaban J connectivity index is 1.93. The van der Waals surface area contributed by atoms with Crippen LogP contribution in [0.1, 0.15) is 18.1 Å². The van der Waals surface area contributed by atoms with Gasteiger partial charge in [0.25, 0.3) is 0 Å². The van der Waals surface area contributed by atoms with Gasteiger partial charge in [0.1, 0.15) is 5.54 Å². The Hall–Kier alpha value is -1.85. The van der Waals surface area contributed by atoms with Gasteiger partial charge in [-0.1, -0.05) is 57.9 Å². The summed E-state index contributed by atoms with van der Waals surface area (Å²) in [5, 5.41) is 3.69.